The Morgan fingerprint density at radius 3 is 2.08 bits per heavy atom. The predicted molar refractivity (Wildman–Crippen MR) is 181 cm³/mol. The van der Waals surface area contributed by atoms with Crippen LogP contribution in [0, 0.1) is 11.8 Å². The van der Waals surface area contributed by atoms with E-state index in [1.54, 1.807) is 38.1 Å². The number of carbonyl (C=O) groups is 8. The van der Waals surface area contributed by atoms with Gasteiger partial charge in [0.15, 0.2) is 0 Å². The lowest BCUT2D eigenvalue weighted by Gasteiger charge is -2.26. The molecule has 0 unspecified atom stereocenters. The molecule has 16 nitrogen and oxygen atoms in total. The number of imide groups is 1. The van der Waals surface area contributed by atoms with Gasteiger partial charge in [0.1, 0.15) is 12.8 Å². The van der Waals surface area contributed by atoms with Crippen LogP contribution >= 0.6 is 0 Å². The number of primary amides is 1. The van der Waals surface area contributed by atoms with Gasteiger partial charge >= 0.3 is 0 Å². The maximum absolute atomic E-state index is 13.0. The molecule has 2 rings (SSSR count). The van der Waals surface area contributed by atoms with Gasteiger partial charge in [0.2, 0.25) is 47.8 Å². The molecule has 1 saturated carbocycles. The van der Waals surface area contributed by atoms with Crippen molar-refractivity contribution in [2.24, 2.45) is 17.6 Å². The molecule has 1 atom stereocenters. The van der Waals surface area contributed by atoms with Crippen LogP contribution in [0.5, 0.6) is 0 Å². The first-order valence-electron chi connectivity index (χ1n) is 17.0. The number of rotatable bonds is 22. The number of unbranched alkanes of at least 4 members (excludes halogenated alkanes) is 2. The van der Waals surface area contributed by atoms with Gasteiger partial charge in [-0.25, -0.2) is 0 Å². The van der Waals surface area contributed by atoms with Crippen LogP contribution in [0.1, 0.15) is 70.8 Å². The van der Waals surface area contributed by atoms with Gasteiger partial charge < -0.3 is 37.1 Å². The van der Waals surface area contributed by atoms with Gasteiger partial charge in [-0.3, -0.25) is 43.3 Å². The van der Waals surface area contributed by atoms with Gasteiger partial charge in [0.05, 0.1) is 25.7 Å². The second kappa shape index (κ2) is 22.7. The fraction of sp³-hybridized carbons (Fsp3) is 0.588. The predicted octanol–water partition coefficient (Wildman–Crippen LogP) is -0.602. The van der Waals surface area contributed by atoms with Crippen LogP contribution in [0.2, 0.25) is 0 Å². The fourth-order valence-electron chi connectivity index (χ4n) is 5.21. The highest BCUT2D eigenvalue weighted by Crippen LogP contribution is 2.25. The maximum Gasteiger partial charge on any atom is 0.243 e. The van der Waals surface area contributed by atoms with Crippen molar-refractivity contribution >= 4 is 47.8 Å². The number of hydrogen-bond acceptors (Lipinski definition) is 9. The second-order valence-corrected chi connectivity index (χ2v) is 12.5. The molecular weight excluding hydrogens is 650 g/mol. The third-order valence-corrected chi connectivity index (χ3v) is 8.12. The summed E-state index contributed by atoms with van der Waals surface area (Å²) in [5, 5.41) is 12.5. The lowest BCUT2D eigenvalue weighted by Crippen LogP contribution is -2.52. The van der Waals surface area contributed by atoms with Crippen molar-refractivity contribution in [2.45, 2.75) is 83.8 Å². The van der Waals surface area contributed by atoms with Crippen molar-refractivity contribution in [1.82, 2.24) is 31.5 Å². The normalized spacial score (nSPS) is 16.0. The van der Waals surface area contributed by atoms with E-state index in [-0.39, 0.29) is 74.9 Å². The Morgan fingerprint density at radius 1 is 0.820 bits per heavy atom. The summed E-state index contributed by atoms with van der Waals surface area (Å²) in [5.41, 5.74) is 6.11. The first kappa shape index (κ1) is 41.3. The minimum Gasteiger partial charge on any atom is -0.369 e. The molecule has 0 radical (unpaired) electrons. The molecule has 0 aliphatic heterocycles. The molecule has 0 saturated heterocycles. The molecule has 0 bridgehead atoms. The number of ether oxygens (including phenoxy) is 1. The molecule has 7 N–H and O–H groups in total. The van der Waals surface area contributed by atoms with Crippen LogP contribution < -0.4 is 32.3 Å². The molecule has 0 spiro atoms. The van der Waals surface area contributed by atoms with Gasteiger partial charge in [-0.15, -0.1) is 0 Å². The lowest BCUT2D eigenvalue weighted by atomic mass is 9.87. The number of nitrogens with zero attached hydrogens (tertiary/aromatic N) is 1. The van der Waals surface area contributed by atoms with Crippen molar-refractivity contribution < 1.29 is 43.1 Å². The molecule has 1 aromatic rings. The van der Waals surface area contributed by atoms with E-state index in [1.165, 1.54) is 0 Å². The molecule has 276 valence electrons. The second-order valence-electron chi connectivity index (χ2n) is 12.5. The van der Waals surface area contributed by atoms with Gasteiger partial charge in [0.25, 0.3) is 0 Å². The third-order valence-electron chi connectivity index (χ3n) is 8.12. The summed E-state index contributed by atoms with van der Waals surface area (Å²) in [6.07, 6.45) is 4.92. The van der Waals surface area contributed by atoms with Crippen LogP contribution in [0.25, 0.3) is 0 Å². The zero-order chi connectivity index (χ0) is 36.9. The van der Waals surface area contributed by atoms with Gasteiger partial charge in [0, 0.05) is 31.2 Å². The standard InChI is InChI=1S/C34H51N7O9/c1-23(2)34(49)41(22-42)16-8-4-7-11-28(43)36-18-29(44)37-20-31(46)40-27(17-24-9-5-3-6-10-24)33(48)38-19-30(45)39-21-50-26-14-12-25(13-15-26)32(35)47/h3,5-6,9-10,22-23,25-27H,4,7-8,11-21H2,1-2H3,(H2,35,47)(H,36,43)(H,37,44)(H,38,48)(H,39,45)(H,40,46)/t25-,26+,27-/m0/s1. The Hall–Kier alpha value is -4.86. The van der Waals surface area contributed by atoms with Gasteiger partial charge in [-0.1, -0.05) is 50.6 Å². The Kier molecular flexibility index (Phi) is 18.8. The molecule has 1 aliphatic rings. The summed E-state index contributed by atoms with van der Waals surface area (Å²) in [6, 6.07) is 7.89. The maximum atomic E-state index is 13.0. The quantitative estimate of drug-likeness (QED) is 0.0514. The number of benzene rings is 1. The molecule has 1 aromatic carbocycles. The summed E-state index contributed by atoms with van der Waals surface area (Å²) in [5.74, 6) is -3.73. The van der Waals surface area contributed by atoms with Crippen LogP contribution in [0.4, 0.5) is 0 Å². The number of amides is 8. The topological polar surface area (TPSA) is 235 Å². The average Bonchev–Trinajstić information content (AvgIpc) is 3.10. The number of carbonyl (C=O) groups excluding carboxylic acids is 8. The van der Waals surface area contributed by atoms with E-state index in [1.807, 2.05) is 6.07 Å². The molecule has 1 aliphatic carbocycles. The van der Waals surface area contributed by atoms with Crippen molar-refractivity contribution in [3.63, 3.8) is 0 Å². The Bertz CT molecular complexity index is 1300. The van der Waals surface area contributed by atoms with Gasteiger partial charge in [-0.05, 0) is 44.1 Å². The highest BCUT2D eigenvalue weighted by molar-refractivity contribution is 5.93. The van der Waals surface area contributed by atoms with E-state index in [0.717, 1.165) is 10.5 Å². The molecule has 0 aromatic heterocycles. The number of hydrogen-bond donors (Lipinski definition) is 6. The molecule has 1 fully saturated rings. The van der Waals surface area contributed by atoms with Crippen LogP contribution in [0.3, 0.4) is 0 Å². The summed E-state index contributed by atoms with van der Waals surface area (Å²) >= 11 is 0. The van der Waals surface area contributed by atoms with E-state index < -0.39 is 36.2 Å². The van der Waals surface area contributed by atoms with E-state index >= 15 is 0 Å². The first-order valence-corrected chi connectivity index (χ1v) is 17.0. The Morgan fingerprint density at radius 2 is 1.44 bits per heavy atom. The minimum atomic E-state index is -1.05. The van der Waals surface area contributed by atoms with Crippen molar-refractivity contribution in [3.05, 3.63) is 35.9 Å². The zero-order valence-electron chi connectivity index (χ0n) is 28.9. The zero-order valence-corrected chi connectivity index (χ0v) is 28.9. The summed E-state index contributed by atoms with van der Waals surface area (Å²) in [6.45, 7) is 2.47. The molecule has 16 heteroatoms. The lowest BCUT2D eigenvalue weighted by molar-refractivity contribution is -0.140. The smallest absolute Gasteiger partial charge is 0.243 e. The summed E-state index contributed by atoms with van der Waals surface area (Å²) in [7, 11) is 0. The Balaban J connectivity index is 1.70. The van der Waals surface area contributed by atoms with Crippen molar-refractivity contribution in [3.8, 4) is 0 Å². The minimum absolute atomic E-state index is 0.0615. The Labute approximate surface area is 292 Å². The van der Waals surface area contributed by atoms with E-state index in [9.17, 15) is 38.4 Å². The van der Waals surface area contributed by atoms with Crippen LogP contribution in [-0.4, -0.2) is 97.7 Å². The molecule has 50 heavy (non-hydrogen) atoms. The number of nitrogens with one attached hydrogen (secondary N) is 5. The summed E-state index contributed by atoms with van der Waals surface area (Å²) in [4.78, 5) is 97.8. The molecule has 8 amide bonds. The molecular formula is C34H51N7O9. The SMILES string of the molecule is CC(C)C(=O)N(C=O)CCCCCC(=O)NCC(=O)NCC(=O)N[C@@H](Cc1ccccc1)C(=O)NCC(=O)NCO[C@H]1CC[C@@H](C(N)=O)CC1. The van der Waals surface area contributed by atoms with E-state index in [4.69, 9.17) is 10.5 Å². The largest absolute Gasteiger partial charge is 0.369 e. The fourth-order valence-corrected chi connectivity index (χ4v) is 5.21. The van der Waals surface area contributed by atoms with E-state index in [0.29, 0.717) is 51.4 Å². The van der Waals surface area contributed by atoms with Crippen molar-refractivity contribution in [1.29, 1.82) is 0 Å². The average molecular weight is 702 g/mol. The third kappa shape index (κ3) is 16.5. The van der Waals surface area contributed by atoms with E-state index in [2.05, 4.69) is 26.6 Å². The van der Waals surface area contributed by atoms with Crippen LogP contribution in [-0.2, 0) is 49.5 Å². The van der Waals surface area contributed by atoms with Crippen molar-refractivity contribution in [2.75, 3.05) is 32.9 Å². The molecule has 0 heterocycles. The van der Waals surface area contributed by atoms with Gasteiger partial charge in [-0.2, -0.15) is 0 Å². The monoisotopic (exact) mass is 701 g/mol. The number of nitrogens with two attached hydrogens (primary N) is 1. The summed E-state index contributed by atoms with van der Waals surface area (Å²) < 4.78 is 5.66. The first-order chi connectivity index (χ1) is 23.9. The van der Waals surface area contributed by atoms with Crippen LogP contribution in [0.15, 0.2) is 30.3 Å². The highest BCUT2D eigenvalue weighted by Gasteiger charge is 2.26. The highest BCUT2D eigenvalue weighted by atomic mass is 16.5.